The SMILES string of the molecule is CC([O])CC[S+](C)[O-]. The highest BCUT2D eigenvalue weighted by molar-refractivity contribution is 7.90. The lowest BCUT2D eigenvalue weighted by molar-refractivity contribution is 0.103. The van der Waals surface area contributed by atoms with E-state index in [1.54, 1.807) is 13.2 Å². The van der Waals surface area contributed by atoms with E-state index in [4.69, 9.17) is 0 Å². The van der Waals surface area contributed by atoms with Gasteiger partial charge in [0.2, 0.25) is 0 Å². The van der Waals surface area contributed by atoms with Gasteiger partial charge in [0.1, 0.15) is 5.75 Å². The van der Waals surface area contributed by atoms with Crippen molar-refractivity contribution in [1.29, 1.82) is 0 Å². The third-order valence-electron chi connectivity index (χ3n) is 0.812. The monoisotopic (exact) mass is 135 g/mol. The fraction of sp³-hybridized carbons (Fsp3) is 1.00. The van der Waals surface area contributed by atoms with Gasteiger partial charge in [0, 0.05) is 6.42 Å². The zero-order chi connectivity index (χ0) is 6.57. The summed E-state index contributed by atoms with van der Waals surface area (Å²) in [4.78, 5) is 0. The van der Waals surface area contributed by atoms with E-state index in [0.717, 1.165) is 0 Å². The van der Waals surface area contributed by atoms with Crippen LogP contribution < -0.4 is 0 Å². The summed E-state index contributed by atoms with van der Waals surface area (Å²) in [6.45, 7) is 1.59. The van der Waals surface area contributed by atoms with Crippen molar-refractivity contribution in [2.75, 3.05) is 12.0 Å². The third kappa shape index (κ3) is 6.27. The molecular formula is C5H11O2S. The van der Waals surface area contributed by atoms with Gasteiger partial charge in [-0.25, -0.2) is 5.11 Å². The van der Waals surface area contributed by atoms with Crippen molar-refractivity contribution in [2.45, 2.75) is 19.4 Å². The van der Waals surface area contributed by atoms with Gasteiger partial charge in [-0.2, -0.15) is 0 Å². The highest BCUT2D eigenvalue weighted by Crippen LogP contribution is 1.93. The van der Waals surface area contributed by atoms with E-state index in [1.807, 2.05) is 0 Å². The molecule has 0 aliphatic heterocycles. The summed E-state index contributed by atoms with van der Waals surface area (Å²) in [5, 5.41) is 10.3. The van der Waals surface area contributed by atoms with Crippen LogP contribution in [-0.4, -0.2) is 22.7 Å². The first-order valence-electron chi connectivity index (χ1n) is 2.58. The Morgan fingerprint density at radius 1 is 1.75 bits per heavy atom. The molecule has 1 radical (unpaired) electrons. The van der Waals surface area contributed by atoms with E-state index in [-0.39, 0.29) is 0 Å². The molecule has 0 saturated carbocycles. The molecule has 0 fully saturated rings. The molecule has 2 nitrogen and oxygen atoms in total. The molecule has 0 aliphatic rings. The lowest BCUT2D eigenvalue weighted by Crippen LogP contribution is -2.09. The topological polar surface area (TPSA) is 43.0 Å². The molecule has 2 unspecified atom stereocenters. The summed E-state index contributed by atoms with van der Waals surface area (Å²) in [5.74, 6) is 0.546. The largest absolute Gasteiger partial charge is 0.617 e. The highest BCUT2D eigenvalue weighted by Gasteiger charge is 2.01. The van der Waals surface area contributed by atoms with E-state index in [2.05, 4.69) is 0 Å². The normalized spacial score (nSPS) is 18.0. The zero-order valence-corrected chi connectivity index (χ0v) is 6.03. The number of rotatable bonds is 3. The van der Waals surface area contributed by atoms with Crippen LogP contribution in [0.3, 0.4) is 0 Å². The fourth-order valence-electron chi connectivity index (χ4n) is 0.332. The summed E-state index contributed by atoms with van der Waals surface area (Å²) in [7, 11) is 0. The Bertz CT molecular complexity index is 46.4. The Balaban J connectivity index is 2.93. The number of hydrogen-bond acceptors (Lipinski definition) is 1. The molecule has 0 bridgehead atoms. The fourth-order valence-corrected chi connectivity index (χ4v) is 0.996. The first kappa shape index (κ1) is 8.27. The van der Waals surface area contributed by atoms with Crippen molar-refractivity contribution >= 4 is 11.2 Å². The van der Waals surface area contributed by atoms with Gasteiger partial charge in [0.05, 0.1) is 12.4 Å². The van der Waals surface area contributed by atoms with Gasteiger partial charge in [0.25, 0.3) is 0 Å². The lowest BCUT2D eigenvalue weighted by atomic mass is 10.3. The molecule has 0 heterocycles. The first-order chi connectivity index (χ1) is 3.63. The maximum absolute atomic E-state index is 10.3. The molecule has 0 amide bonds. The van der Waals surface area contributed by atoms with Crippen LogP contribution in [0.15, 0.2) is 0 Å². The van der Waals surface area contributed by atoms with Crippen molar-refractivity contribution in [3.63, 3.8) is 0 Å². The van der Waals surface area contributed by atoms with E-state index in [9.17, 15) is 9.66 Å². The predicted octanol–water partition coefficient (Wildman–Crippen LogP) is 0.574. The van der Waals surface area contributed by atoms with E-state index in [1.165, 1.54) is 0 Å². The third-order valence-corrected chi connectivity index (χ3v) is 1.62. The van der Waals surface area contributed by atoms with Gasteiger partial charge in [-0.05, 0) is 6.92 Å². The molecule has 0 rings (SSSR count). The standard InChI is InChI=1S/C5H11O2S/c1-5(6)3-4-8(2)7/h5H,3-4H2,1-2H3. The van der Waals surface area contributed by atoms with Crippen molar-refractivity contribution in [2.24, 2.45) is 0 Å². The van der Waals surface area contributed by atoms with Crippen LogP contribution in [0.25, 0.3) is 0 Å². The zero-order valence-electron chi connectivity index (χ0n) is 5.22. The minimum atomic E-state index is -0.786. The molecule has 0 spiro atoms. The van der Waals surface area contributed by atoms with Gasteiger partial charge < -0.3 is 4.55 Å². The van der Waals surface area contributed by atoms with Gasteiger partial charge in [-0.3, -0.25) is 0 Å². The van der Waals surface area contributed by atoms with Gasteiger partial charge in [-0.15, -0.1) is 0 Å². The Kier molecular flexibility index (Phi) is 4.32. The maximum Gasteiger partial charge on any atom is 0.107 e. The van der Waals surface area contributed by atoms with Crippen LogP contribution in [0.1, 0.15) is 13.3 Å². The molecule has 0 aromatic heterocycles. The molecule has 0 N–H and O–H groups in total. The Labute approximate surface area is 53.1 Å². The maximum atomic E-state index is 10.3. The second-order valence-electron chi connectivity index (χ2n) is 1.88. The quantitative estimate of drug-likeness (QED) is 0.522. The second-order valence-corrected chi connectivity index (χ2v) is 3.43. The van der Waals surface area contributed by atoms with Crippen LogP contribution >= 0.6 is 0 Å². The average molecular weight is 135 g/mol. The first-order valence-corrected chi connectivity index (χ1v) is 4.31. The molecule has 49 valence electrons. The summed E-state index contributed by atoms with van der Waals surface area (Å²) in [5.41, 5.74) is 0. The Hall–Kier alpha value is 0.270. The minimum absolute atomic E-state index is 0.531. The summed E-state index contributed by atoms with van der Waals surface area (Å²) >= 11 is -0.786. The van der Waals surface area contributed by atoms with Crippen molar-refractivity contribution in [3.05, 3.63) is 0 Å². The van der Waals surface area contributed by atoms with Gasteiger partial charge in [-0.1, -0.05) is 11.2 Å². The molecule has 0 aromatic carbocycles. The molecule has 2 atom stereocenters. The number of hydrogen-bond donors (Lipinski definition) is 0. The van der Waals surface area contributed by atoms with Gasteiger partial charge in [0.15, 0.2) is 0 Å². The molecule has 0 saturated heterocycles. The predicted molar refractivity (Wildman–Crippen MR) is 33.7 cm³/mol. The van der Waals surface area contributed by atoms with Crippen LogP contribution in [0.5, 0.6) is 0 Å². The van der Waals surface area contributed by atoms with Crippen molar-refractivity contribution in [1.82, 2.24) is 0 Å². The summed E-state index contributed by atoms with van der Waals surface area (Å²) in [6, 6.07) is 0. The molecule has 0 aliphatic carbocycles. The average Bonchev–Trinajstić information content (AvgIpc) is 1.61. The molecule has 8 heavy (non-hydrogen) atoms. The van der Waals surface area contributed by atoms with Gasteiger partial charge >= 0.3 is 0 Å². The Morgan fingerprint density at radius 3 is 2.38 bits per heavy atom. The van der Waals surface area contributed by atoms with Crippen molar-refractivity contribution in [3.8, 4) is 0 Å². The molecular weight excluding hydrogens is 124 g/mol. The van der Waals surface area contributed by atoms with E-state index in [0.29, 0.717) is 12.2 Å². The van der Waals surface area contributed by atoms with Crippen LogP contribution in [-0.2, 0) is 16.3 Å². The summed E-state index contributed by atoms with van der Waals surface area (Å²) in [6.07, 6.45) is 1.59. The van der Waals surface area contributed by atoms with E-state index >= 15 is 0 Å². The summed E-state index contributed by atoms with van der Waals surface area (Å²) < 4.78 is 10.3. The minimum Gasteiger partial charge on any atom is -0.617 e. The van der Waals surface area contributed by atoms with Crippen molar-refractivity contribution < 1.29 is 9.66 Å². The highest BCUT2D eigenvalue weighted by atomic mass is 32.2. The van der Waals surface area contributed by atoms with E-state index < -0.39 is 17.3 Å². The lowest BCUT2D eigenvalue weighted by Gasteiger charge is -2.03. The van der Waals surface area contributed by atoms with Crippen LogP contribution in [0.4, 0.5) is 0 Å². The van der Waals surface area contributed by atoms with Crippen LogP contribution in [0.2, 0.25) is 0 Å². The van der Waals surface area contributed by atoms with Crippen LogP contribution in [0, 0.1) is 0 Å². The second kappa shape index (κ2) is 4.18. The molecule has 0 aromatic rings. The molecule has 3 heteroatoms. The smallest absolute Gasteiger partial charge is 0.107 e. The Morgan fingerprint density at radius 2 is 2.25 bits per heavy atom.